The van der Waals surface area contributed by atoms with Crippen LogP contribution in [0.1, 0.15) is 22.8 Å². The number of alkyl halides is 1. The quantitative estimate of drug-likeness (QED) is 0.612. The second-order valence-corrected chi connectivity index (χ2v) is 3.89. The average molecular weight is 257 g/mol. The van der Waals surface area contributed by atoms with Crippen LogP contribution in [0.5, 0.6) is 5.75 Å². The molecule has 0 unspecified atom stereocenters. The number of halogens is 1. The first-order valence-electron chi connectivity index (χ1n) is 4.45. The van der Waals surface area contributed by atoms with Crippen LogP contribution >= 0.6 is 15.9 Å². The lowest BCUT2D eigenvalue weighted by molar-refractivity contribution is 0.101. The summed E-state index contributed by atoms with van der Waals surface area (Å²) < 4.78 is 5.43. The van der Waals surface area contributed by atoms with E-state index in [9.17, 15) is 4.79 Å². The Morgan fingerprint density at radius 3 is 2.79 bits per heavy atom. The van der Waals surface area contributed by atoms with Gasteiger partial charge in [-0.25, -0.2) is 0 Å². The number of carbonyl (C=O) groups is 1. The molecule has 0 aliphatic rings. The van der Waals surface area contributed by atoms with Crippen molar-refractivity contribution in [3.63, 3.8) is 0 Å². The van der Waals surface area contributed by atoms with E-state index in [1.54, 1.807) is 6.92 Å². The molecule has 0 aliphatic carbocycles. The Labute approximate surface area is 92.4 Å². The second kappa shape index (κ2) is 5.15. The van der Waals surface area contributed by atoms with Crippen LogP contribution < -0.4 is 4.74 Å². The minimum absolute atomic E-state index is 0.0401. The Morgan fingerprint density at radius 2 is 2.21 bits per heavy atom. The lowest BCUT2D eigenvalue weighted by Gasteiger charge is -2.08. The molecule has 0 saturated heterocycles. The van der Waals surface area contributed by atoms with Gasteiger partial charge >= 0.3 is 0 Å². The van der Waals surface area contributed by atoms with Gasteiger partial charge in [-0.1, -0.05) is 27.6 Å². The molecule has 0 atom stereocenters. The molecule has 0 heterocycles. The van der Waals surface area contributed by atoms with Crippen molar-refractivity contribution in [1.29, 1.82) is 0 Å². The summed E-state index contributed by atoms with van der Waals surface area (Å²) >= 11 is 3.27. The fourth-order valence-corrected chi connectivity index (χ4v) is 1.36. The van der Waals surface area contributed by atoms with E-state index in [0.717, 1.165) is 10.9 Å². The number of Topliss-reactive ketones (excluding diaryl/α,β-unsaturated/α-hetero) is 1. The van der Waals surface area contributed by atoms with Gasteiger partial charge in [0.05, 0.1) is 12.2 Å². The first kappa shape index (κ1) is 11.2. The molecule has 0 radical (unpaired) electrons. The lowest BCUT2D eigenvalue weighted by atomic mass is 10.1. The molecule has 0 saturated carbocycles. The van der Waals surface area contributed by atoms with Crippen LogP contribution in [-0.4, -0.2) is 17.7 Å². The van der Waals surface area contributed by atoms with Gasteiger partial charge < -0.3 is 4.74 Å². The second-order valence-electron chi connectivity index (χ2n) is 3.09. The highest BCUT2D eigenvalue weighted by molar-refractivity contribution is 9.09. The van der Waals surface area contributed by atoms with Gasteiger partial charge in [-0.05, 0) is 26.0 Å². The highest BCUT2D eigenvalue weighted by Crippen LogP contribution is 2.20. The predicted molar refractivity (Wildman–Crippen MR) is 60.5 cm³/mol. The maximum atomic E-state index is 11.3. The van der Waals surface area contributed by atoms with Crippen molar-refractivity contribution in [2.75, 3.05) is 11.9 Å². The van der Waals surface area contributed by atoms with E-state index in [0.29, 0.717) is 17.9 Å². The molecule has 1 aromatic rings. The third-order valence-corrected chi connectivity index (χ3v) is 2.17. The van der Waals surface area contributed by atoms with E-state index in [1.165, 1.54) is 0 Å². The van der Waals surface area contributed by atoms with Crippen molar-refractivity contribution in [1.82, 2.24) is 0 Å². The fraction of sp³-hybridized carbons (Fsp3) is 0.364. The van der Waals surface area contributed by atoms with Crippen LogP contribution in [0.25, 0.3) is 0 Å². The number of hydrogen-bond acceptors (Lipinski definition) is 2. The van der Waals surface area contributed by atoms with E-state index in [-0.39, 0.29) is 5.78 Å². The molecule has 0 amide bonds. The Hall–Kier alpha value is -0.830. The summed E-state index contributed by atoms with van der Waals surface area (Å²) in [6.45, 7) is 4.08. The molecular formula is C11H13BrO2. The van der Waals surface area contributed by atoms with E-state index in [1.807, 2.05) is 25.1 Å². The average Bonchev–Trinajstić information content (AvgIpc) is 2.15. The molecule has 0 fully saturated rings. The van der Waals surface area contributed by atoms with Gasteiger partial charge in [0, 0.05) is 5.33 Å². The van der Waals surface area contributed by atoms with Gasteiger partial charge in [0.25, 0.3) is 0 Å². The number of aryl methyl sites for hydroxylation is 1. The van der Waals surface area contributed by atoms with Crippen molar-refractivity contribution in [3.05, 3.63) is 29.3 Å². The zero-order chi connectivity index (χ0) is 10.6. The summed E-state index contributed by atoms with van der Waals surface area (Å²) in [7, 11) is 0. The Bertz CT molecular complexity index is 334. The van der Waals surface area contributed by atoms with Crippen LogP contribution in [0.15, 0.2) is 18.2 Å². The highest BCUT2D eigenvalue weighted by atomic mass is 79.9. The minimum Gasteiger partial charge on any atom is -0.492 e. The Balaban J connectivity index is 2.96. The number of ketones is 1. The molecule has 1 aromatic carbocycles. The summed E-state index contributed by atoms with van der Waals surface area (Å²) in [5, 5.41) is 0.762. The largest absolute Gasteiger partial charge is 0.492 e. The first-order chi connectivity index (χ1) is 6.65. The third kappa shape index (κ3) is 2.84. The van der Waals surface area contributed by atoms with Gasteiger partial charge in [0.15, 0.2) is 5.78 Å². The van der Waals surface area contributed by atoms with E-state index >= 15 is 0 Å². The van der Waals surface area contributed by atoms with Gasteiger partial charge in [-0.3, -0.25) is 4.79 Å². The van der Waals surface area contributed by atoms with Crippen LogP contribution in [0, 0.1) is 6.92 Å². The summed E-state index contributed by atoms with van der Waals surface area (Å²) in [4.78, 5) is 11.3. The molecule has 0 aliphatic heterocycles. The molecule has 0 N–H and O–H groups in total. The Morgan fingerprint density at radius 1 is 1.50 bits per heavy atom. The fourth-order valence-electron chi connectivity index (χ4n) is 1.19. The summed E-state index contributed by atoms with van der Waals surface area (Å²) in [5.41, 5.74) is 1.73. The topological polar surface area (TPSA) is 26.3 Å². The van der Waals surface area contributed by atoms with Crippen LogP contribution in [-0.2, 0) is 0 Å². The Kier molecular flexibility index (Phi) is 4.14. The van der Waals surface area contributed by atoms with Gasteiger partial charge in [-0.15, -0.1) is 0 Å². The molecule has 0 spiro atoms. The smallest absolute Gasteiger partial charge is 0.163 e. The van der Waals surface area contributed by atoms with Crippen LogP contribution in [0.4, 0.5) is 0 Å². The van der Waals surface area contributed by atoms with Crippen LogP contribution in [0.2, 0.25) is 0 Å². The number of carbonyl (C=O) groups excluding carboxylic acids is 1. The van der Waals surface area contributed by atoms with E-state index < -0.39 is 0 Å². The number of rotatable bonds is 4. The lowest BCUT2D eigenvalue weighted by Crippen LogP contribution is -2.03. The van der Waals surface area contributed by atoms with Crippen molar-refractivity contribution in [3.8, 4) is 5.75 Å². The number of ether oxygens (including phenoxy) is 1. The molecule has 14 heavy (non-hydrogen) atoms. The number of hydrogen-bond donors (Lipinski definition) is 0. The molecule has 3 heteroatoms. The SMILES string of the molecule is CC(=O)c1cc(C)ccc1OCCBr. The normalized spacial score (nSPS) is 9.93. The van der Waals surface area contributed by atoms with E-state index in [2.05, 4.69) is 15.9 Å². The molecule has 2 nitrogen and oxygen atoms in total. The van der Waals surface area contributed by atoms with Gasteiger partial charge in [0.1, 0.15) is 5.75 Å². The van der Waals surface area contributed by atoms with Crippen molar-refractivity contribution >= 4 is 21.7 Å². The predicted octanol–water partition coefficient (Wildman–Crippen LogP) is 2.97. The summed E-state index contributed by atoms with van der Waals surface area (Å²) in [5.74, 6) is 0.709. The molecular weight excluding hydrogens is 244 g/mol. The summed E-state index contributed by atoms with van der Waals surface area (Å²) in [6, 6.07) is 5.64. The zero-order valence-corrected chi connectivity index (χ0v) is 9.93. The number of benzene rings is 1. The zero-order valence-electron chi connectivity index (χ0n) is 8.34. The van der Waals surface area contributed by atoms with Crippen LogP contribution in [0.3, 0.4) is 0 Å². The van der Waals surface area contributed by atoms with Gasteiger partial charge in [0.2, 0.25) is 0 Å². The summed E-state index contributed by atoms with van der Waals surface area (Å²) in [6.07, 6.45) is 0. The van der Waals surface area contributed by atoms with Crippen molar-refractivity contribution in [2.24, 2.45) is 0 Å². The first-order valence-corrected chi connectivity index (χ1v) is 5.57. The molecule has 1 rings (SSSR count). The monoisotopic (exact) mass is 256 g/mol. The molecule has 0 aromatic heterocycles. The highest BCUT2D eigenvalue weighted by Gasteiger charge is 2.07. The maximum absolute atomic E-state index is 11.3. The molecule has 0 bridgehead atoms. The van der Waals surface area contributed by atoms with Gasteiger partial charge in [-0.2, -0.15) is 0 Å². The minimum atomic E-state index is 0.0401. The standard InChI is InChI=1S/C11H13BrO2/c1-8-3-4-11(14-6-5-12)10(7-8)9(2)13/h3-4,7H,5-6H2,1-2H3. The van der Waals surface area contributed by atoms with E-state index in [4.69, 9.17) is 4.74 Å². The molecule has 76 valence electrons. The van der Waals surface area contributed by atoms with Crippen molar-refractivity contribution < 1.29 is 9.53 Å². The van der Waals surface area contributed by atoms with Crippen molar-refractivity contribution in [2.45, 2.75) is 13.8 Å². The third-order valence-electron chi connectivity index (χ3n) is 1.85. The maximum Gasteiger partial charge on any atom is 0.163 e.